The molecule has 43 heavy (non-hydrogen) atoms. The monoisotopic (exact) mass is 592 g/mol. The Labute approximate surface area is 262 Å². The summed E-state index contributed by atoms with van der Waals surface area (Å²) in [5.74, 6) is 0.125. The summed E-state index contributed by atoms with van der Waals surface area (Å²) in [5.41, 5.74) is 1.47. The summed E-state index contributed by atoms with van der Waals surface area (Å²) < 4.78 is 4.32. The van der Waals surface area contributed by atoms with Crippen LogP contribution in [0.25, 0.3) is 0 Å². The quantitative estimate of drug-likeness (QED) is 0.118. The van der Waals surface area contributed by atoms with E-state index in [1.54, 1.807) is 0 Å². The summed E-state index contributed by atoms with van der Waals surface area (Å²) >= 11 is 0. The number of aryl methyl sites for hydroxylation is 2. The molecule has 1 aliphatic heterocycles. The second kappa shape index (κ2) is 20.2. The fourth-order valence-corrected chi connectivity index (χ4v) is 6.22. The Bertz CT molecular complexity index is 1090. The molecule has 0 saturated carbocycles. The molecule has 0 aliphatic carbocycles. The van der Waals surface area contributed by atoms with Crippen molar-refractivity contribution in [3.63, 3.8) is 0 Å². The maximum Gasteiger partial charge on any atom is 0.260 e. The van der Waals surface area contributed by atoms with Crippen LogP contribution in [0.1, 0.15) is 144 Å². The van der Waals surface area contributed by atoms with Crippen LogP contribution < -0.4 is 9.13 Å². The summed E-state index contributed by atoms with van der Waals surface area (Å²) in [6.07, 6.45) is 28.9. The van der Waals surface area contributed by atoms with Gasteiger partial charge in [0.15, 0.2) is 24.8 Å². The van der Waals surface area contributed by atoms with Gasteiger partial charge in [0, 0.05) is 50.7 Å². The molecule has 1 aliphatic rings. The first-order valence-corrected chi connectivity index (χ1v) is 17.6. The van der Waals surface area contributed by atoms with Gasteiger partial charge in [0.05, 0.1) is 0 Å². The lowest BCUT2D eigenvalue weighted by molar-refractivity contribution is -0.697. The Morgan fingerprint density at radius 3 is 1.56 bits per heavy atom. The molecule has 3 rings (SSSR count). The number of aromatic nitrogens is 2. The van der Waals surface area contributed by atoms with Gasteiger partial charge in [-0.1, -0.05) is 90.9 Å². The van der Waals surface area contributed by atoms with Crippen molar-refractivity contribution < 1.29 is 18.7 Å². The lowest BCUT2D eigenvalue weighted by Gasteiger charge is -2.39. The van der Waals surface area contributed by atoms with Crippen molar-refractivity contribution in [1.29, 1.82) is 0 Å². The van der Waals surface area contributed by atoms with E-state index in [0.29, 0.717) is 19.6 Å². The van der Waals surface area contributed by atoms with Crippen LogP contribution in [0.5, 0.6) is 0 Å². The molecule has 238 valence electrons. The van der Waals surface area contributed by atoms with Gasteiger partial charge in [-0.3, -0.25) is 9.59 Å². The SMILES string of the molecule is CCCCCCCCCC[n+]1cccc(C(=O)N2CCN(C(=O)c3ccc[n+](CCCCCCCCCC)c3)C(C)C2)c1. The van der Waals surface area contributed by atoms with E-state index in [2.05, 4.69) is 42.3 Å². The van der Waals surface area contributed by atoms with E-state index >= 15 is 0 Å². The molecule has 0 N–H and O–H groups in total. The lowest BCUT2D eigenvalue weighted by atomic mass is 10.1. The van der Waals surface area contributed by atoms with Crippen molar-refractivity contribution in [2.45, 2.75) is 143 Å². The van der Waals surface area contributed by atoms with Crippen LogP contribution in [0.2, 0.25) is 0 Å². The second-order valence-electron chi connectivity index (χ2n) is 12.7. The predicted molar refractivity (Wildman–Crippen MR) is 175 cm³/mol. The normalized spacial score (nSPS) is 15.2. The number of hydrogen-bond donors (Lipinski definition) is 0. The highest BCUT2D eigenvalue weighted by Crippen LogP contribution is 2.16. The average molecular weight is 593 g/mol. The van der Waals surface area contributed by atoms with Gasteiger partial charge >= 0.3 is 0 Å². The van der Waals surface area contributed by atoms with Crippen molar-refractivity contribution in [1.82, 2.24) is 9.80 Å². The maximum absolute atomic E-state index is 13.5. The molecular weight excluding hydrogens is 532 g/mol. The lowest BCUT2D eigenvalue weighted by Crippen LogP contribution is -2.55. The van der Waals surface area contributed by atoms with Crippen LogP contribution in [0.3, 0.4) is 0 Å². The largest absolute Gasteiger partial charge is 0.335 e. The molecular formula is C37H60N4O2+2. The molecule has 6 heteroatoms. The van der Waals surface area contributed by atoms with Crippen LogP contribution in [0.4, 0.5) is 0 Å². The summed E-state index contributed by atoms with van der Waals surface area (Å²) in [6.45, 7) is 10.2. The number of hydrogen-bond acceptors (Lipinski definition) is 2. The minimum atomic E-state index is -0.0280. The van der Waals surface area contributed by atoms with Crippen LogP contribution >= 0.6 is 0 Å². The molecule has 2 aromatic heterocycles. The number of pyridine rings is 2. The van der Waals surface area contributed by atoms with E-state index in [1.807, 2.05) is 46.5 Å². The van der Waals surface area contributed by atoms with Crippen LogP contribution in [-0.2, 0) is 13.1 Å². The van der Waals surface area contributed by atoms with Crippen molar-refractivity contribution in [2.24, 2.45) is 0 Å². The molecule has 0 bridgehead atoms. The number of amides is 2. The molecule has 2 aromatic rings. The van der Waals surface area contributed by atoms with Gasteiger partial charge in [0.25, 0.3) is 11.8 Å². The van der Waals surface area contributed by atoms with E-state index in [9.17, 15) is 9.59 Å². The maximum atomic E-state index is 13.5. The zero-order valence-corrected chi connectivity index (χ0v) is 27.7. The Hall–Kier alpha value is -2.76. The third-order valence-electron chi connectivity index (χ3n) is 8.93. The smallest absolute Gasteiger partial charge is 0.260 e. The third-order valence-corrected chi connectivity index (χ3v) is 8.93. The number of unbranched alkanes of at least 4 members (excludes halogenated alkanes) is 14. The fourth-order valence-electron chi connectivity index (χ4n) is 6.22. The summed E-state index contributed by atoms with van der Waals surface area (Å²) in [4.78, 5) is 30.7. The van der Waals surface area contributed by atoms with E-state index in [1.165, 1.54) is 89.9 Å². The number of carbonyl (C=O) groups excluding carboxylic acids is 2. The van der Waals surface area contributed by atoms with E-state index < -0.39 is 0 Å². The van der Waals surface area contributed by atoms with Gasteiger partial charge in [-0.05, 0) is 31.9 Å². The fraction of sp³-hybridized carbons (Fsp3) is 0.676. The van der Waals surface area contributed by atoms with Crippen LogP contribution in [0, 0.1) is 0 Å². The number of piperazine rings is 1. The molecule has 0 radical (unpaired) electrons. The standard InChI is InChI=1S/C37H60N4O2/c1-4-6-8-10-12-14-16-18-24-38-26-20-22-34(31-38)36(42)40-28-29-41(33(3)30-40)37(43)35-23-21-27-39(32-35)25-19-17-15-13-11-9-7-5-2/h20-23,26-27,31-33H,4-19,24-25,28-30H2,1-3H3/q+2. The molecule has 1 atom stereocenters. The van der Waals surface area contributed by atoms with Crippen molar-refractivity contribution in [3.05, 3.63) is 60.2 Å². The third kappa shape index (κ3) is 12.4. The molecule has 2 amide bonds. The van der Waals surface area contributed by atoms with Gasteiger partial charge in [0.2, 0.25) is 0 Å². The van der Waals surface area contributed by atoms with E-state index in [-0.39, 0.29) is 17.9 Å². The molecule has 0 spiro atoms. The first kappa shape index (κ1) is 34.7. The Balaban J connectivity index is 1.42. The second-order valence-corrected chi connectivity index (χ2v) is 12.7. The average Bonchev–Trinajstić information content (AvgIpc) is 3.03. The number of nitrogens with zero attached hydrogens (tertiary/aromatic N) is 4. The topological polar surface area (TPSA) is 48.4 Å². The van der Waals surface area contributed by atoms with Gasteiger partial charge in [0.1, 0.15) is 24.2 Å². The summed E-state index contributed by atoms with van der Waals surface area (Å²) in [5, 5.41) is 0. The zero-order chi connectivity index (χ0) is 30.7. The molecule has 0 aromatic carbocycles. The first-order valence-electron chi connectivity index (χ1n) is 17.6. The van der Waals surface area contributed by atoms with Gasteiger partial charge in [-0.2, -0.15) is 0 Å². The highest BCUT2D eigenvalue weighted by atomic mass is 16.2. The summed E-state index contributed by atoms with van der Waals surface area (Å²) in [7, 11) is 0. The molecule has 1 saturated heterocycles. The molecule has 6 nitrogen and oxygen atoms in total. The molecule has 3 heterocycles. The number of rotatable bonds is 20. The van der Waals surface area contributed by atoms with E-state index in [0.717, 1.165) is 37.1 Å². The van der Waals surface area contributed by atoms with E-state index in [4.69, 9.17) is 0 Å². The minimum absolute atomic E-state index is 0.0280. The van der Waals surface area contributed by atoms with Crippen molar-refractivity contribution in [3.8, 4) is 0 Å². The van der Waals surface area contributed by atoms with Crippen molar-refractivity contribution in [2.75, 3.05) is 19.6 Å². The van der Waals surface area contributed by atoms with Crippen molar-refractivity contribution >= 4 is 11.8 Å². The minimum Gasteiger partial charge on any atom is -0.335 e. The Kier molecular flexibility index (Phi) is 16.3. The first-order chi connectivity index (χ1) is 21.0. The Morgan fingerprint density at radius 2 is 1.09 bits per heavy atom. The number of carbonyl (C=O) groups is 2. The van der Waals surface area contributed by atoms with Gasteiger partial charge in [-0.25, -0.2) is 9.13 Å². The predicted octanol–water partition coefficient (Wildman–Crippen LogP) is 7.53. The van der Waals surface area contributed by atoms with Crippen LogP contribution in [-0.4, -0.2) is 47.3 Å². The van der Waals surface area contributed by atoms with Crippen LogP contribution in [0.15, 0.2) is 49.1 Å². The highest BCUT2D eigenvalue weighted by molar-refractivity contribution is 5.95. The molecule has 1 fully saturated rings. The van der Waals surface area contributed by atoms with Gasteiger partial charge < -0.3 is 9.80 Å². The van der Waals surface area contributed by atoms with Gasteiger partial charge in [-0.15, -0.1) is 0 Å². The Morgan fingerprint density at radius 1 is 0.651 bits per heavy atom. The summed E-state index contributed by atoms with van der Waals surface area (Å²) in [6, 6.07) is 7.79. The zero-order valence-electron chi connectivity index (χ0n) is 27.7. The molecule has 1 unspecified atom stereocenters. The highest BCUT2D eigenvalue weighted by Gasteiger charge is 2.32.